The first kappa shape index (κ1) is 26.3. The Bertz CT molecular complexity index is 1060. The van der Waals surface area contributed by atoms with Crippen molar-refractivity contribution in [3.05, 3.63) is 69.8 Å². The summed E-state index contributed by atoms with van der Waals surface area (Å²) in [5.74, 6) is 0. The number of alkyl halides is 6. The van der Waals surface area contributed by atoms with Gasteiger partial charge in [0.1, 0.15) is 0 Å². The zero-order valence-corrected chi connectivity index (χ0v) is 19.8. The van der Waals surface area contributed by atoms with Crippen LogP contribution in [0, 0.1) is 0 Å². The molecule has 0 radical (unpaired) electrons. The molecular formula is C26H28F6N2O2. The van der Waals surface area contributed by atoms with Gasteiger partial charge in [-0.2, -0.15) is 26.3 Å². The maximum Gasteiger partial charge on any atom is 0.416 e. The molecule has 2 aromatic carbocycles. The highest BCUT2D eigenvalue weighted by atomic mass is 19.4. The van der Waals surface area contributed by atoms with Gasteiger partial charge in [0.05, 0.1) is 24.3 Å². The van der Waals surface area contributed by atoms with E-state index in [1.165, 1.54) is 10.5 Å². The normalized spacial score (nSPS) is 19.0. The van der Waals surface area contributed by atoms with Crippen LogP contribution in [0.4, 0.5) is 31.1 Å². The zero-order valence-electron chi connectivity index (χ0n) is 19.8. The molecule has 2 unspecified atom stereocenters. The molecule has 2 atom stereocenters. The number of carbonyl (C=O) groups is 1. The first-order valence-corrected chi connectivity index (χ1v) is 12.0. The summed E-state index contributed by atoms with van der Waals surface area (Å²) < 4.78 is 85.7. The number of hydrogen-bond acceptors (Lipinski definition) is 3. The predicted molar refractivity (Wildman–Crippen MR) is 121 cm³/mol. The van der Waals surface area contributed by atoms with Crippen LogP contribution in [-0.2, 0) is 36.5 Å². The summed E-state index contributed by atoms with van der Waals surface area (Å²) in [5.41, 5.74) is 0.0417. The van der Waals surface area contributed by atoms with Crippen LogP contribution < -0.4 is 5.32 Å². The average Bonchev–Trinajstić information content (AvgIpc) is 3.30. The summed E-state index contributed by atoms with van der Waals surface area (Å²) in [6, 6.07) is 6.46. The molecule has 0 spiro atoms. The maximum atomic E-state index is 13.5. The van der Waals surface area contributed by atoms with Crippen molar-refractivity contribution in [3.8, 4) is 0 Å². The molecule has 0 saturated carbocycles. The number of carbonyl (C=O) groups excluding carboxylic acids is 1. The number of fused-ring (bicyclic) bond motifs is 1. The molecule has 1 fully saturated rings. The summed E-state index contributed by atoms with van der Waals surface area (Å²) in [7, 11) is 1.15. The SMILES string of the molecule is COC(=O)N(Cc1cc(C(F)(F)F)cc(C(F)(F)F)c1)C(c1ccc2c(c1)CCC2)C1CCCCN1. The van der Waals surface area contributed by atoms with Crippen molar-refractivity contribution in [3.63, 3.8) is 0 Å². The molecule has 4 rings (SSSR count). The van der Waals surface area contributed by atoms with E-state index in [1.807, 2.05) is 18.2 Å². The van der Waals surface area contributed by atoms with E-state index >= 15 is 0 Å². The zero-order chi connectivity index (χ0) is 26.1. The number of rotatable bonds is 5. The predicted octanol–water partition coefficient (Wildman–Crippen LogP) is 6.66. The summed E-state index contributed by atoms with van der Waals surface area (Å²) >= 11 is 0. The average molecular weight is 515 g/mol. The lowest BCUT2D eigenvalue weighted by Gasteiger charge is -2.39. The topological polar surface area (TPSA) is 41.6 Å². The van der Waals surface area contributed by atoms with Gasteiger partial charge in [0, 0.05) is 12.6 Å². The number of aryl methyl sites for hydroxylation is 2. The Kier molecular flexibility index (Phi) is 7.54. The lowest BCUT2D eigenvalue weighted by molar-refractivity contribution is -0.143. The molecule has 4 nitrogen and oxygen atoms in total. The van der Waals surface area contributed by atoms with Crippen molar-refractivity contribution in [2.45, 2.75) is 69.5 Å². The molecule has 2 aliphatic rings. The molecule has 10 heteroatoms. The van der Waals surface area contributed by atoms with Gasteiger partial charge < -0.3 is 10.1 Å². The van der Waals surface area contributed by atoms with Crippen LogP contribution in [0.1, 0.15) is 65.1 Å². The Morgan fingerprint density at radius 2 is 1.64 bits per heavy atom. The van der Waals surface area contributed by atoms with Gasteiger partial charge in [-0.25, -0.2) is 4.79 Å². The van der Waals surface area contributed by atoms with Crippen molar-refractivity contribution in [1.82, 2.24) is 10.2 Å². The molecule has 1 amide bonds. The first-order valence-electron chi connectivity index (χ1n) is 12.0. The number of hydrogen-bond donors (Lipinski definition) is 1. The molecule has 1 heterocycles. The fraction of sp³-hybridized carbons (Fsp3) is 0.500. The quantitative estimate of drug-likeness (QED) is 0.454. The van der Waals surface area contributed by atoms with E-state index < -0.39 is 42.2 Å². The Labute approximate surface area is 205 Å². The highest BCUT2D eigenvalue weighted by molar-refractivity contribution is 5.68. The Hall–Kier alpha value is -2.75. The van der Waals surface area contributed by atoms with Crippen molar-refractivity contribution in [2.75, 3.05) is 13.7 Å². The van der Waals surface area contributed by atoms with Crippen LogP contribution in [-0.4, -0.2) is 30.7 Å². The second-order valence-electron chi connectivity index (χ2n) is 9.40. The van der Waals surface area contributed by atoms with E-state index in [0.717, 1.165) is 50.3 Å². The number of amides is 1. The Morgan fingerprint density at radius 3 is 2.22 bits per heavy atom. The fourth-order valence-corrected chi connectivity index (χ4v) is 5.25. The number of ether oxygens (including phenoxy) is 1. The lowest BCUT2D eigenvalue weighted by Crippen LogP contribution is -2.48. The third-order valence-corrected chi connectivity index (χ3v) is 6.94. The summed E-state index contributed by atoms with van der Waals surface area (Å²) in [6.45, 7) is 0.225. The molecular weight excluding hydrogens is 486 g/mol. The molecule has 0 bridgehead atoms. The van der Waals surface area contributed by atoms with E-state index in [1.54, 1.807) is 0 Å². The van der Waals surface area contributed by atoms with Gasteiger partial charge in [0.25, 0.3) is 0 Å². The molecule has 1 aliphatic carbocycles. The molecule has 0 aromatic heterocycles. The molecule has 196 valence electrons. The maximum absolute atomic E-state index is 13.5. The van der Waals surface area contributed by atoms with Gasteiger partial charge in [-0.1, -0.05) is 24.6 Å². The minimum absolute atomic E-state index is 0.0899. The minimum Gasteiger partial charge on any atom is -0.453 e. The molecule has 1 saturated heterocycles. The molecule has 1 N–H and O–H groups in total. The van der Waals surface area contributed by atoms with Crippen molar-refractivity contribution in [1.29, 1.82) is 0 Å². The highest BCUT2D eigenvalue weighted by Gasteiger charge is 2.39. The van der Waals surface area contributed by atoms with Crippen LogP contribution in [0.5, 0.6) is 0 Å². The Morgan fingerprint density at radius 1 is 0.972 bits per heavy atom. The van der Waals surface area contributed by atoms with Gasteiger partial charge in [-0.3, -0.25) is 4.90 Å². The smallest absolute Gasteiger partial charge is 0.416 e. The fourth-order valence-electron chi connectivity index (χ4n) is 5.25. The van der Waals surface area contributed by atoms with Gasteiger partial charge in [0.2, 0.25) is 0 Å². The standard InChI is InChI=1S/C26H28F6N2O2/c1-36-24(35)34(15-16-11-20(25(27,28)29)14-21(12-16)26(30,31)32)23(22-7-2-3-10-33-22)19-9-8-17-5-4-6-18(17)13-19/h8-9,11-14,22-23,33H,2-7,10,15H2,1H3. The van der Waals surface area contributed by atoms with Gasteiger partial charge >= 0.3 is 18.4 Å². The number of halogens is 6. The van der Waals surface area contributed by atoms with Crippen LogP contribution in [0.25, 0.3) is 0 Å². The summed E-state index contributed by atoms with van der Waals surface area (Å²) in [6.07, 6.45) is -5.40. The summed E-state index contributed by atoms with van der Waals surface area (Å²) in [4.78, 5) is 14.2. The van der Waals surface area contributed by atoms with Crippen LogP contribution in [0.2, 0.25) is 0 Å². The second kappa shape index (κ2) is 10.3. The van der Waals surface area contributed by atoms with Crippen LogP contribution in [0.15, 0.2) is 36.4 Å². The first-order chi connectivity index (χ1) is 17.0. The largest absolute Gasteiger partial charge is 0.453 e. The van der Waals surface area contributed by atoms with Crippen molar-refractivity contribution in [2.24, 2.45) is 0 Å². The van der Waals surface area contributed by atoms with Gasteiger partial charge in [0.15, 0.2) is 0 Å². The van der Waals surface area contributed by atoms with E-state index in [2.05, 4.69) is 5.32 Å². The van der Waals surface area contributed by atoms with Crippen LogP contribution in [0.3, 0.4) is 0 Å². The lowest BCUT2D eigenvalue weighted by atomic mass is 9.89. The van der Waals surface area contributed by atoms with Crippen LogP contribution >= 0.6 is 0 Å². The molecule has 36 heavy (non-hydrogen) atoms. The highest BCUT2D eigenvalue weighted by Crippen LogP contribution is 2.38. The number of benzene rings is 2. The van der Waals surface area contributed by atoms with Crippen molar-refractivity contribution >= 4 is 6.09 Å². The Balaban J connectivity index is 1.79. The number of methoxy groups -OCH3 is 1. The number of piperidine rings is 1. The van der Waals surface area contributed by atoms with Gasteiger partial charge in [-0.15, -0.1) is 0 Å². The second-order valence-corrected chi connectivity index (χ2v) is 9.40. The van der Waals surface area contributed by atoms with Gasteiger partial charge in [-0.05, 0) is 79.1 Å². The number of nitrogens with zero attached hydrogens (tertiary/aromatic N) is 1. The monoisotopic (exact) mass is 514 g/mol. The molecule has 2 aromatic rings. The minimum atomic E-state index is -4.98. The van der Waals surface area contributed by atoms with E-state index in [0.29, 0.717) is 25.1 Å². The van der Waals surface area contributed by atoms with E-state index in [9.17, 15) is 31.1 Å². The third-order valence-electron chi connectivity index (χ3n) is 6.94. The van der Waals surface area contributed by atoms with E-state index in [-0.39, 0.29) is 17.7 Å². The van der Waals surface area contributed by atoms with E-state index in [4.69, 9.17) is 4.74 Å². The summed E-state index contributed by atoms with van der Waals surface area (Å²) in [5, 5.41) is 3.39. The number of nitrogens with one attached hydrogen (secondary N) is 1. The third kappa shape index (κ3) is 5.79. The van der Waals surface area contributed by atoms with Crippen molar-refractivity contribution < 1.29 is 35.9 Å². The molecule has 1 aliphatic heterocycles.